The average molecular weight is 282 g/mol. The number of carbonyl (C=O) groups is 2. The van der Waals surface area contributed by atoms with E-state index < -0.39 is 11.9 Å². The van der Waals surface area contributed by atoms with Crippen molar-refractivity contribution in [1.29, 1.82) is 0 Å². The number of carbonyl (C=O) groups excluding carboxylic acids is 1. The summed E-state index contributed by atoms with van der Waals surface area (Å²) in [5.41, 5.74) is 0. The maximum atomic E-state index is 12.2. The summed E-state index contributed by atoms with van der Waals surface area (Å²) in [6.45, 7) is 5.83. The lowest BCUT2D eigenvalue weighted by Gasteiger charge is -2.18. The molecular weight excluding hydrogens is 256 g/mol. The third-order valence-corrected chi connectivity index (χ3v) is 4.82. The predicted octanol–water partition coefficient (Wildman–Crippen LogP) is 1.34. The fourth-order valence-electron chi connectivity index (χ4n) is 3.51. The molecule has 0 bridgehead atoms. The lowest BCUT2D eigenvalue weighted by atomic mass is 9.95. The van der Waals surface area contributed by atoms with Crippen LogP contribution < -0.4 is 5.32 Å². The smallest absolute Gasteiger partial charge is 0.307 e. The molecule has 2 aliphatic rings. The first-order valence-electron chi connectivity index (χ1n) is 7.84. The number of amides is 1. The number of hydrogen-bond acceptors (Lipinski definition) is 3. The molecule has 0 aromatic heterocycles. The van der Waals surface area contributed by atoms with Crippen molar-refractivity contribution in [2.24, 2.45) is 17.8 Å². The van der Waals surface area contributed by atoms with Crippen molar-refractivity contribution < 1.29 is 14.7 Å². The Morgan fingerprint density at radius 1 is 1.20 bits per heavy atom. The zero-order valence-electron chi connectivity index (χ0n) is 12.3. The fraction of sp³-hybridized carbons (Fsp3) is 0.867. The van der Waals surface area contributed by atoms with E-state index in [1.165, 1.54) is 12.8 Å². The average Bonchev–Trinajstić information content (AvgIpc) is 3.07. The second-order valence-electron chi connectivity index (χ2n) is 6.14. The van der Waals surface area contributed by atoms with Gasteiger partial charge in [-0.1, -0.05) is 13.3 Å². The third-order valence-electron chi connectivity index (χ3n) is 4.82. The largest absolute Gasteiger partial charge is 0.481 e. The number of likely N-dealkylation sites (tertiary alicyclic amines) is 1. The van der Waals surface area contributed by atoms with Crippen molar-refractivity contribution in [2.45, 2.75) is 39.0 Å². The summed E-state index contributed by atoms with van der Waals surface area (Å²) in [5.74, 6) is -1.33. The minimum absolute atomic E-state index is 0.0625. The van der Waals surface area contributed by atoms with Crippen LogP contribution in [0.1, 0.15) is 39.0 Å². The standard InChI is InChI=1S/C15H26N2O3/c1-2-11-9-12(13(10-11)15(19)20)14(18)16-5-8-17-6-3-4-7-17/h11-13H,2-10H2,1H3,(H,16,18)(H,19,20)/t11?,12-,13+/m0/s1. The summed E-state index contributed by atoms with van der Waals surface area (Å²) in [7, 11) is 0. The number of nitrogens with zero attached hydrogens (tertiary/aromatic N) is 1. The summed E-state index contributed by atoms with van der Waals surface area (Å²) in [6.07, 6.45) is 4.83. The fourth-order valence-corrected chi connectivity index (χ4v) is 3.51. The quantitative estimate of drug-likeness (QED) is 0.771. The van der Waals surface area contributed by atoms with Crippen molar-refractivity contribution in [1.82, 2.24) is 10.2 Å². The Hall–Kier alpha value is -1.10. The monoisotopic (exact) mass is 282 g/mol. The highest BCUT2D eigenvalue weighted by molar-refractivity contribution is 5.85. The van der Waals surface area contributed by atoms with Crippen molar-refractivity contribution in [3.05, 3.63) is 0 Å². The summed E-state index contributed by atoms with van der Waals surface area (Å²) in [4.78, 5) is 25.8. The molecule has 2 N–H and O–H groups in total. The van der Waals surface area contributed by atoms with Crippen LogP contribution in [0.3, 0.4) is 0 Å². The minimum Gasteiger partial charge on any atom is -0.481 e. The second-order valence-corrected chi connectivity index (χ2v) is 6.14. The number of nitrogens with one attached hydrogen (secondary N) is 1. The molecule has 0 radical (unpaired) electrons. The topological polar surface area (TPSA) is 69.6 Å². The first-order valence-corrected chi connectivity index (χ1v) is 7.84. The van der Waals surface area contributed by atoms with E-state index in [1.807, 2.05) is 0 Å². The summed E-state index contributed by atoms with van der Waals surface area (Å²) < 4.78 is 0. The molecule has 0 aromatic carbocycles. The number of rotatable bonds is 6. The number of carboxylic acids is 1. The highest BCUT2D eigenvalue weighted by Crippen LogP contribution is 2.38. The van der Waals surface area contributed by atoms with Crippen LogP contribution in [-0.4, -0.2) is 48.1 Å². The molecule has 5 heteroatoms. The SMILES string of the molecule is CCC1C[C@H](C(=O)NCCN2CCCC2)[C@H](C(=O)O)C1. The van der Waals surface area contributed by atoms with Crippen LogP contribution in [0.15, 0.2) is 0 Å². The zero-order valence-corrected chi connectivity index (χ0v) is 12.3. The van der Waals surface area contributed by atoms with Gasteiger partial charge in [-0.2, -0.15) is 0 Å². The van der Waals surface area contributed by atoms with Gasteiger partial charge in [-0.05, 0) is 44.7 Å². The van der Waals surface area contributed by atoms with Crippen molar-refractivity contribution >= 4 is 11.9 Å². The molecule has 1 saturated heterocycles. The van der Waals surface area contributed by atoms with E-state index in [0.717, 1.165) is 32.5 Å². The Labute approximate surface area is 120 Å². The molecule has 3 atom stereocenters. The zero-order chi connectivity index (χ0) is 14.5. The molecule has 0 aromatic rings. The first-order chi connectivity index (χ1) is 9.61. The number of hydrogen-bond donors (Lipinski definition) is 2. The van der Waals surface area contributed by atoms with Gasteiger partial charge in [0, 0.05) is 13.1 Å². The van der Waals surface area contributed by atoms with Gasteiger partial charge in [-0.25, -0.2) is 0 Å². The Balaban J connectivity index is 1.79. The van der Waals surface area contributed by atoms with E-state index in [1.54, 1.807) is 0 Å². The van der Waals surface area contributed by atoms with Crippen LogP contribution in [-0.2, 0) is 9.59 Å². The normalized spacial score (nSPS) is 30.6. The predicted molar refractivity (Wildman–Crippen MR) is 76.3 cm³/mol. The molecule has 1 heterocycles. The van der Waals surface area contributed by atoms with Gasteiger partial charge in [0.2, 0.25) is 5.91 Å². The van der Waals surface area contributed by atoms with E-state index in [0.29, 0.717) is 18.9 Å². The molecule has 5 nitrogen and oxygen atoms in total. The molecule has 2 rings (SSSR count). The van der Waals surface area contributed by atoms with Crippen LogP contribution in [0.4, 0.5) is 0 Å². The molecule has 1 aliphatic carbocycles. The summed E-state index contributed by atoms with van der Waals surface area (Å²) in [5, 5.41) is 12.2. The minimum atomic E-state index is -0.819. The van der Waals surface area contributed by atoms with E-state index in [-0.39, 0.29) is 11.8 Å². The van der Waals surface area contributed by atoms with Crippen molar-refractivity contribution in [2.75, 3.05) is 26.2 Å². The van der Waals surface area contributed by atoms with Gasteiger partial charge in [0.1, 0.15) is 0 Å². The highest BCUT2D eigenvalue weighted by atomic mass is 16.4. The van der Waals surface area contributed by atoms with E-state index in [9.17, 15) is 14.7 Å². The van der Waals surface area contributed by atoms with Crippen LogP contribution in [0, 0.1) is 17.8 Å². The van der Waals surface area contributed by atoms with E-state index in [2.05, 4.69) is 17.1 Å². The lowest BCUT2D eigenvalue weighted by molar-refractivity contribution is -0.146. The molecule has 1 amide bonds. The summed E-state index contributed by atoms with van der Waals surface area (Å²) >= 11 is 0. The van der Waals surface area contributed by atoms with Crippen molar-refractivity contribution in [3.63, 3.8) is 0 Å². The van der Waals surface area contributed by atoms with Crippen molar-refractivity contribution in [3.8, 4) is 0 Å². The van der Waals surface area contributed by atoms with Crippen LogP contribution >= 0.6 is 0 Å². The van der Waals surface area contributed by atoms with Crippen LogP contribution in [0.2, 0.25) is 0 Å². The van der Waals surface area contributed by atoms with Gasteiger partial charge in [-0.15, -0.1) is 0 Å². The molecule has 0 spiro atoms. The van der Waals surface area contributed by atoms with Crippen LogP contribution in [0.25, 0.3) is 0 Å². The number of carboxylic acid groups (broad SMARTS) is 1. The Morgan fingerprint density at radius 3 is 2.45 bits per heavy atom. The van der Waals surface area contributed by atoms with E-state index in [4.69, 9.17) is 0 Å². The Morgan fingerprint density at radius 2 is 1.85 bits per heavy atom. The van der Waals surface area contributed by atoms with Crippen LogP contribution in [0.5, 0.6) is 0 Å². The van der Waals surface area contributed by atoms with Gasteiger partial charge >= 0.3 is 5.97 Å². The molecular formula is C15H26N2O3. The molecule has 2 fully saturated rings. The molecule has 114 valence electrons. The molecule has 1 saturated carbocycles. The third kappa shape index (κ3) is 3.72. The summed E-state index contributed by atoms with van der Waals surface area (Å²) in [6, 6.07) is 0. The maximum Gasteiger partial charge on any atom is 0.307 e. The number of aliphatic carboxylic acids is 1. The van der Waals surface area contributed by atoms with Gasteiger partial charge in [-0.3, -0.25) is 9.59 Å². The van der Waals surface area contributed by atoms with E-state index >= 15 is 0 Å². The maximum absolute atomic E-state index is 12.2. The Kier molecular flexibility index (Phi) is 5.40. The van der Waals surface area contributed by atoms with Gasteiger partial charge in [0.15, 0.2) is 0 Å². The second kappa shape index (κ2) is 7.07. The molecule has 20 heavy (non-hydrogen) atoms. The highest BCUT2D eigenvalue weighted by Gasteiger charge is 2.41. The van der Waals surface area contributed by atoms with Gasteiger partial charge in [0.25, 0.3) is 0 Å². The molecule has 1 aliphatic heterocycles. The van der Waals surface area contributed by atoms with Gasteiger partial charge < -0.3 is 15.3 Å². The lowest BCUT2D eigenvalue weighted by Crippen LogP contribution is -2.39. The van der Waals surface area contributed by atoms with Gasteiger partial charge in [0.05, 0.1) is 11.8 Å². The Bertz CT molecular complexity index is 353. The molecule has 1 unspecified atom stereocenters. The first kappa shape index (κ1) is 15.3.